The summed E-state index contributed by atoms with van der Waals surface area (Å²) >= 11 is 0. The van der Waals surface area contributed by atoms with E-state index in [-0.39, 0.29) is 9.79 Å². The van der Waals surface area contributed by atoms with Crippen molar-refractivity contribution in [1.82, 2.24) is 4.31 Å². The Labute approximate surface area is 124 Å². The van der Waals surface area contributed by atoms with Crippen molar-refractivity contribution in [2.75, 3.05) is 13.6 Å². The van der Waals surface area contributed by atoms with Crippen LogP contribution >= 0.6 is 10.7 Å². The highest BCUT2D eigenvalue weighted by molar-refractivity contribution is 8.14. The lowest BCUT2D eigenvalue weighted by Crippen LogP contribution is -2.30. The van der Waals surface area contributed by atoms with Gasteiger partial charge >= 0.3 is 0 Å². The fraction of sp³-hybridized carbons (Fsp3) is 0.500. The van der Waals surface area contributed by atoms with Crippen LogP contribution < -0.4 is 0 Å². The van der Waals surface area contributed by atoms with Crippen LogP contribution in [0.4, 0.5) is 0 Å². The average molecular weight is 338 g/mol. The summed E-state index contributed by atoms with van der Waals surface area (Å²) in [5.74, 6) is 0.856. The quantitative estimate of drug-likeness (QED) is 0.769. The predicted octanol–water partition coefficient (Wildman–Crippen LogP) is 1.89. The van der Waals surface area contributed by atoms with Crippen molar-refractivity contribution in [2.45, 2.75) is 23.1 Å². The predicted molar refractivity (Wildman–Crippen MR) is 76.6 cm³/mol. The van der Waals surface area contributed by atoms with E-state index in [9.17, 15) is 16.8 Å². The molecule has 0 spiro atoms. The zero-order chi connectivity index (χ0) is 15.1. The standard InChI is InChI=1S/C12H16ClNO4S2/c1-9-7-10(9)8-14(2)20(17,18)12-6-4-3-5-11(12)19(13,15)16/h3-6,9-10H,7-8H2,1-2H3. The molecule has 0 aromatic heterocycles. The SMILES string of the molecule is CC1CC1CN(C)S(=O)(=O)c1ccccc1S(=O)(=O)Cl. The molecule has 2 atom stereocenters. The van der Waals surface area contributed by atoms with Gasteiger partial charge in [-0.25, -0.2) is 21.1 Å². The van der Waals surface area contributed by atoms with Gasteiger partial charge in [0.15, 0.2) is 0 Å². The third-order valence-corrected chi connectivity index (χ3v) is 6.96. The van der Waals surface area contributed by atoms with E-state index in [4.69, 9.17) is 10.7 Å². The van der Waals surface area contributed by atoms with Crippen molar-refractivity contribution in [3.63, 3.8) is 0 Å². The fourth-order valence-electron chi connectivity index (χ4n) is 2.11. The Morgan fingerprint density at radius 1 is 1.20 bits per heavy atom. The molecule has 0 saturated heterocycles. The van der Waals surface area contributed by atoms with Crippen molar-refractivity contribution in [1.29, 1.82) is 0 Å². The summed E-state index contributed by atoms with van der Waals surface area (Å²) in [7, 11) is -1.21. The first-order valence-electron chi connectivity index (χ1n) is 6.14. The molecule has 0 radical (unpaired) electrons. The zero-order valence-corrected chi connectivity index (χ0v) is 13.5. The van der Waals surface area contributed by atoms with Gasteiger partial charge in [0.2, 0.25) is 10.0 Å². The number of nitrogens with zero attached hydrogens (tertiary/aromatic N) is 1. The van der Waals surface area contributed by atoms with Crippen molar-refractivity contribution in [3.05, 3.63) is 24.3 Å². The largest absolute Gasteiger partial charge is 0.262 e. The van der Waals surface area contributed by atoms with Gasteiger partial charge in [0.1, 0.15) is 9.79 Å². The minimum Gasteiger partial charge on any atom is -0.207 e. The molecule has 8 heteroatoms. The number of rotatable bonds is 5. The molecule has 0 amide bonds. The zero-order valence-electron chi connectivity index (χ0n) is 11.2. The molecule has 0 bridgehead atoms. The maximum atomic E-state index is 12.5. The molecule has 0 aliphatic heterocycles. The summed E-state index contributed by atoms with van der Waals surface area (Å²) in [5.41, 5.74) is 0. The number of benzene rings is 1. The topological polar surface area (TPSA) is 71.5 Å². The molecule has 2 unspecified atom stereocenters. The molecule has 1 aromatic carbocycles. The van der Waals surface area contributed by atoms with Crippen LogP contribution in [0.3, 0.4) is 0 Å². The summed E-state index contributed by atoms with van der Waals surface area (Å²) in [5, 5.41) is 0. The molecule has 1 aliphatic carbocycles. The fourth-order valence-corrected chi connectivity index (χ4v) is 5.15. The van der Waals surface area contributed by atoms with Gasteiger partial charge in [0.25, 0.3) is 9.05 Å². The van der Waals surface area contributed by atoms with E-state index in [1.165, 1.54) is 35.6 Å². The second kappa shape index (κ2) is 5.29. The lowest BCUT2D eigenvalue weighted by atomic mass is 10.3. The van der Waals surface area contributed by atoms with Crippen LogP contribution in [0.1, 0.15) is 13.3 Å². The molecular weight excluding hydrogens is 322 g/mol. The first kappa shape index (κ1) is 15.8. The lowest BCUT2D eigenvalue weighted by Gasteiger charge is -2.18. The lowest BCUT2D eigenvalue weighted by molar-refractivity contribution is 0.443. The molecule has 1 fully saturated rings. The van der Waals surface area contributed by atoms with Crippen LogP contribution in [0.5, 0.6) is 0 Å². The van der Waals surface area contributed by atoms with Crippen LogP contribution in [0.2, 0.25) is 0 Å². The van der Waals surface area contributed by atoms with Crippen molar-refractivity contribution in [3.8, 4) is 0 Å². The maximum Gasteiger partial charge on any atom is 0.262 e. The Balaban J connectivity index is 2.39. The Kier molecular flexibility index (Phi) is 4.17. The van der Waals surface area contributed by atoms with Crippen LogP contribution in [0.15, 0.2) is 34.1 Å². The van der Waals surface area contributed by atoms with Crippen molar-refractivity contribution in [2.24, 2.45) is 11.8 Å². The maximum absolute atomic E-state index is 12.5. The Hall–Kier alpha value is -0.630. The second-order valence-electron chi connectivity index (χ2n) is 5.14. The molecule has 20 heavy (non-hydrogen) atoms. The smallest absolute Gasteiger partial charge is 0.207 e. The summed E-state index contributed by atoms with van der Waals surface area (Å²) < 4.78 is 49.1. The Bertz CT molecular complexity index is 715. The van der Waals surface area contributed by atoms with Gasteiger partial charge in [-0.05, 0) is 30.4 Å². The van der Waals surface area contributed by atoms with Gasteiger partial charge in [-0.2, -0.15) is 0 Å². The van der Waals surface area contributed by atoms with Gasteiger partial charge in [0, 0.05) is 24.3 Å². The summed E-state index contributed by atoms with van der Waals surface area (Å²) in [6.07, 6.45) is 0.995. The van der Waals surface area contributed by atoms with Gasteiger partial charge < -0.3 is 0 Å². The van der Waals surface area contributed by atoms with Crippen LogP contribution in [0, 0.1) is 11.8 Å². The molecule has 0 N–H and O–H groups in total. The highest BCUT2D eigenvalue weighted by Gasteiger charge is 2.37. The van der Waals surface area contributed by atoms with Crippen LogP contribution in [-0.2, 0) is 19.1 Å². The van der Waals surface area contributed by atoms with Crippen molar-refractivity contribution < 1.29 is 16.8 Å². The van der Waals surface area contributed by atoms with E-state index >= 15 is 0 Å². The van der Waals surface area contributed by atoms with E-state index in [0.29, 0.717) is 18.4 Å². The van der Waals surface area contributed by atoms with Gasteiger partial charge in [-0.3, -0.25) is 0 Å². The van der Waals surface area contributed by atoms with Crippen LogP contribution in [-0.4, -0.2) is 34.7 Å². The summed E-state index contributed by atoms with van der Waals surface area (Å²) in [6.45, 7) is 2.45. The second-order valence-corrected chi connectivity index (χ2v) is 9.69. The minimum atomic E-state index is -4.11. The number of sulfonamides is 1. The summed E-state index contributed by atoms with van der Waals surface area (Å²) in [6, 6.07) is 5.38. The minimum absolute atomic E-state index is 0.272. The molecule has 0 heterocycles. The molecule has 112 valence electrons. The third-order valence-electron chi connectivity index (χ3n) is 3.57. The summed E-state index contributed by atoms with van der Waals surface area (Å²) in [4.78, 5) is -0.650. The van der Waals surface area contributed by atoms with E-state index in [1.54, 1.807) is 0 Å². The molecule has 5 nitrogen and oxygen atoms in total. The highest BCUT2D eigenvalue weighted by atomic mass is 35.7. The van der Waals surface area contributed by atoms with Gasteiger partial charge in [0.05, 0.1) is 0 Å². The normalized spacial score (nSPS) is 23.0. The van der Waals surface area contributed by atoms with Crippen molar-refractivity contribution >= 4 is 29.8 Å². The van der Waals surface area contributed by atoms with Gasteiger partial charge in [-0.1, -0.05) is 19.1 Å². The number of hydrogen-bond donors (Lipinski definition) is 0. The van der Waals surface area contributed by atoms with Crippen LogP contribution in [0.25, 0.3) is 0 Å². The molecule has 2 rings (SSSR count). The molecule has 1 saturated carbocycles. The number of halogens is 1. The molecule has 1 aromatic rings. The number of hydrogen-bond acceptors (Lipinski definition) is 4. The van der Waals surface area contributed by atoms with Gasteiger partial charge in [-0.15, -0.1) is 0 Å². The van der Waals surface area contributed by atoms with E-state index in [2.05, 4.69) is 6.92 Å². The first-order chi connectivity index (χ1) is 9.14. The Morgan fingerprint density at radius 2 is 1.70 bits per heavy atom. The average Bonchev–Trinajstić information content (AvgIpc) is 3.03. The first-order valence-corrected chi connectivity index (χ1v) is 9.89. The highest BCUT2D eigenvalue weighted by Crippen LogP contribution is 2.39. The monoisotopic (exact) mass is 337 g/mol. The Morgan fingerprint density at radius 3 is 2.15 bits per heavy atom. The molecular formula is C12H16ClNO4S2. The molecule has 1 aliphatic rings. The van der Waals surface area contributed by atoms with E-state index in [1.807, 2.05) is 0 Å². The van der Waals surface area contributed by atoms with E-state index in [0.717, 1.165) is 6.42 Å². The van der Waals surface area contributed by atoms with E-state index < -0.39 is 19.1 Å². The third kappa shape index (κ3) is 3.16.